The molecule has 0 amide bonds. The summed E-state index contributed by atoms with van der Waals surface area (Å²) in [6.07, 6.45) is 5.08. The molecule has 0 N–H and O–H groups in total. The summed E-state index contributed by atoms with van der Waals surface area (Å²) >= 11 is 0. The van der Waals surface area contributed by atoms with Crippen LogP contribution in [0.5, 0.6) is 0 Å². The minimum atomic E-state index is -0.536. The summed E-state index contributed by atoms with van der Waals surface area (Å²) in [4.78, 5) is 23.8. The minimum Gasteiger partial charge on any atom is -0.458 e. The molecular weight excluding hydrogens is 280 g/mol. The second-order valence-electron chi connectivity index (χ2n) is 6.23. The molecule has 1 rings (SSSR count). The van der Waals surface area contributed by atoms with E-state index in [-0.39, 0.29) is 12.4 Å². The van der Waals surface area contributed by atoms with Gasteiger partial charge in [0.05, 0.1) is 6.42 Å². The highest BCUT2D eigenvalue weighted by atomic mass is 16.6. The fourth-order valence-electron chi connectivity index (χ4n) is 2.71. The third kappa shape index (κ3) is 5.00. The van der Waals surface area contributed by atoms with Crippen LogP contribution in [0.25, 0.3) is 0 Å². The Morgan fingerprint density at radius 1 is 1.14 bits per heavy atom. The predicted octanol–water partition coefficient (Wildman–Crippen LogP) is 4.10. The van der Waals surface area contributed by atoms with E-state index < -0.39 is 17.7 Å². The molecule has 1 saturated carbocycles. The first-order valence-electron chi connectivity index (χ1n) is 8.05. The monoisotopic (exact) mass is 308 g/mol. The van der Waals surface area contributed by atoms with E-state index in [4.69, 9.17) is 9.47 Å². The molecule has 4 nitrogen and oxygen atoms in total. The molecule has 1 aliphatic rings. The summed E-state index contributed by atoms with van der Waals surface area (Å²) in [6, 6.07) is 0. The van der Waals surface area contributed by atoms with Crippen LogP contribution in [-0.2, 0) is 19.1 Å². The first kappa shape index (κ1) is 18.5. The Labute approximate surface area is 133 Å². The summed E-state index contributed by atoms with van der Waals surface area (Å²) in [5.41, 5.74) is 0.691. The van der Waals surface area contributed by atoms with Crippen LogP contribution in [0.1, 0.15) is 65.7 Å². The maximum atomic E-state index is 12.3. The van der Waals surface area contributed by atoms with E-state index in [2.05, 4.69) is 13.2 Å². The summed E-state index contributed by atoms with van der Waals surface area (Å²) < 4.78 is 11.0. The second-order valence-corrected chi connectivity index (χ2v) is 6.23. The largest absolute Gasteiger partial charge is 0.458 e. The van der Waals surface area contributed by atoms with Gasteiger partial charge in [0, 0.05) is 5.57 Å². The molecule has 0 aliphatic heterocycles. The highest BCUT2D eigenvalue weighted by Crippen LogP contribution is 2.37. The van der Waals surface area contributed by atoms with E-state index in [0.717, 1.165) is 31.3 Å². The topological polar surface area (TPSA) is 52.6 Å². The van der Waals surface area contributed by atoms with E-state index in [1.807, 2.05) is 13.8 Å². The maximum absolute atomic E-state index is 12.3. The van der Waals surface area contributed by atoms with Gasteiger partial charge in [-0.05, 0) is 51.5 Å². The van der Waals surface area contributed by atoms with Gasteiger partial charge < -0.3 is 9.47 Å². The molecule has 0 aromatic carbocycles. The predicted molar refractivity (Wildman–Crippen MR) is 86.3 cm³/mol. The Hall–Kier alpha value is -1.58. The van der Waals surface area contributed by atoms with Crippen LogP contribution in [0.4, 0.5) is 0 Å². The molecule has 1 aliphatic carbocycles. The lowest BCUT2D eigenvalue weighted by molar-refractivity contribution is -0.163. The third-order valence-electron chi connectivity index (χ3n) is 4.22. The van der Waals surface area contributed by atoms with Crippen molar-refractivity contribution < 1.29 is 19.1 Å². The van der Waals surface area contributed by atoms with Crippen LogP contribution in [0.2, 0.25) is 0 Å². The molecule has 0 radical (unpaired) electrons. The van der Waals surface area contributed by atoms with Gasteiger partial charge in [0.1, 0.15) is 11.7 Å². The van der Waals surface area contributed by atoms with Gasteiger partial charge in [-0.15, -0.1) is 0 Å². The Morgan fingerprint density at radius 2 is 1.73 bits per heavy atom. The summed E-state index contributed by atoms with van der Waals surface area (Å²) in [7, 11) is 0. The van der Waals surface area contributed by atoms with E-state index in [1.54, 1.807) is 6.92 Å². The minimum absolute atomic E-state index is 0.0740. The molecular formula is C18H28O4. The molecule has 1 atom stereocenters. The van der Waals surface area contributed by atoms with Gasteiger partial charge in [-0.3, -0.25) is 4.79 Å². The second kappa shape index (κ2) is 8.16. The number of carbonyl (C=O) groups is 2. The number of esters is 2. The highest BCUT2D eigenvalue weighted by molar-refractivity contribution is 5.87. The van der Waals surface area contributed by atoms with Gasteiger partial charge in [-0.1, -0.05) is 26.5 Å². The van der Waals surface area contributed by atoms with E-state index >= 15 is 0 Å². The van der Waals surface area contributed by atoms with Gasteiger partial charge >= 0.3 is 11.9 Å². The van der Waals surface area contributed by atoms with Gasteiger partial charge in [0.25, 0.3) is 0 Å². The normalized spacial score (nSPS) is 18.1. The molecule has 0 spiro atoms. The number of rotatable bonds is 7. The van der Waals surface area contributed by atoms with Crippen LogP contribution in [-0.4, -0.2) is 23.6 Å². The van der Waals surface area contributed by atoms with Crippen molar-refractivity contribution >= 4 is 11.9 Å². The van der Waals surface area contributed by atoms with Gasteiger partial charge in [-0.25, -0.2) is 4.79 Å². The first-order chi connectivity index (χ1) is 10.3. The summed E-state index contributed by atoms with van der Waals surface area (Å²) in [5.74, 6) is -0.793. The van der Waals surface area contributed by atoms with Gasteiger partial charge in [0.2, 0.25) is 0 Å². The van der Waals surface area contributed by atoms with Gasteiger partial charge in [-0.2, -0.15) is 0 Å². The van der Waals surface area contributed by atoms with Crippen molar-refractivity contribution in [2.24, 2.45) is 0 Å². The van der Waals surface area contributed by atoms with Crippen molar-refractivity contribution in [3.05, 3.63) is 24.3 Å². The van der Waals surface area contributed by atoms with Crippen LogP contribution >= 0.6 is 0 Å². The molecule has 22 heavy (non-hydrogen) atoms. The Kier molecular flexibility index (Phi) is 6.85. The highest BCUT2D eigenvalue weighted by Gasteiger charge is 2.37. The van der Waals surface area contributed by atoms with Crippen molar-refractivity contribution in [1.29, 1.82) is 0 Å². The third-order valence-corrected chi connectivity index (χ3v) is 4.22. The number of hydrogen-bond donors (Lipinski definition) is 0. The lowest BCUT2D eigenvalue weighted by Crippen LogP contribution is -2.39. The van der Waals surface area contributed by atoms with Crippen LogP contribution in [0, 0.1) is 0 Å². The maximum Gasteiger partial charge on any atom is 0.333 e. The standard InChI is InChI=1S/C18H28O4/c1-6-15(21-17(20)13(2)3)12-16(19)22-18(14(4)5)10-8-7-9-11-18/h15H,2,4,6-12H2,1,3,5H3. The van der Waals surface area contributed by atoms with Crippen LogP contribution in [0.3, 0.4) is 0 Å². The van der Waals surface area contributed by atoms with Crippen LogP contribution in [0.15, 0.2) is 24.3 Å². The lowest BCUT2D eigenvalue weighted by Gasteiger charge is -2.37. The zero-order valence-corrected chi connectivity index (χ0v) is 14.1. The SMILES string of the molecule is C=C(C)C(=O)OC(CC)CC(=O)OC1(C(=C)C)CCCCC1. The number of hydrogen-bond acceptors (Lipinski definition) is 4. The van der Waals surface area contributed by atoms with Crippen LogP contribution < -0.4 is 0 Å². The molecule has 124 valence electrons. The lowest BCUT2D eigenvalue weighted by atomic mass is 9.80. The summed E-state index contributed by atoms with van der Waals surface area (Å²) in [5, 5.41) is 0. The van der Waals surface area contributed by atoms with Crippen molar-refractivity contribution in [2.45, 2.75) is 77.4 Å². The smallest absolute Gasteiger partial charge is 0.333 e. The number of ether oxygens (including phenoxy) is 2. The van der Waals surface area contributed by atoms with Gasteiger partial charge in [0.15, 0.2) is 0 Å². The summed E-state index contributed by atoms with van der Waals surface area (Å²) in [6.45, 7) is 12.9. The fourth-order valence-corrected chi connectivity index (χ4v) is 2.71. The average molecular weight is 308 g/mol. The van der Waals surface area contributed by atoms with E-state index in [9.17, 15) is 9.59 Å². The molecule has 0 aromatic rings. The molecule has 4 heteroatoms. The Morgan fingerprint density at radius 3 is 2.18 bits per heavy atom. The van der Waals surface area contributed by atoms with E-state index in [1.165, 1.54) is 6.42 Å². The molecule has 0 saturated heterocycles. The van der Waals surface area contributed by atoms with Crippen molar-refractivity contribution in [2.75, 3.05) is 0 Å². The molecule has 1 unspecified atom stereocenters. The fraction of sp³-hybridized carbons (Fsp3) is 0.667. The zero-order chi connectivity index (χ0) is 16.8. The molecule has 0 heterocycles. The van der Waals surface area contributed by atoms with Crippen molar-refractivity contribution in [3.63, 3.8) is 0 Å². The molecule has 0 bridgehead atoms. The Bertz CT molecular complexity index is 444. The first-order valence-corrected chi connectivity index (χ1v) is 8.05. The average Bonchev–Trinajstić information content (AvgIpc) is 2.46. The van der Waals surface area contributed by atoms with Crippen molar-refractivity contribution in [1.82, 2.24) is 0 Å². The molecule has 1 fully saturated rings. The Balaban J connectivity index is 2.64. The quantitative estimate of drug-likeness (QED) is 0.404. The van der Waals surface area contributed by atoms with Crippen molar-refractivity contribution in [3.8, 4) is 0 Å². The number of carbonyl (C=O) groups excluding carboxylic acids is 2. The van der Waals surface area contributed by atoms with E-state index in [0.29, 0.717) is 12.0 Å². The zero-order valence-electron chi connectivity index (χ0n) is 14.1. The molecule has 0 aromatic heterocycles.